The molecule has 0 radical (unpaired) electrons. The van der Waals surface area contributed by atoms with E-state index in [9.17, 15) is 79.0 Å². The number of nitrogens with two attached hydrogens (primary N) is 2. The molecule has 222 valence electrons. The molecule has 2 nitrogen and oxygen atoms in total. The molecule has 0 unspecified atom stereocenters. The van der Waals surface area contributed by atoms with Crippen molar-refractivity contribution in [1.82, 2.24) is 0 Å². The Morgan fingerprint density at radius 2 is 0.641 bits per heavy atom. The topological polar surface area (TPSA) is 52.0 Å². The largest absolute Gasteiger partial charge is 0.456 e. The maximum Gasteiger partial charge on any atom is 0.456 e. The summed E-state index contributed by atoms with van der Waals surface area (Å²) in [5.41, 5.74) is -4.50. The molecule has 0 aliphatic carbocycles. The van der Waals surface area contributed by atoms with E-state index >= 15 is 0 Å². The second-order valence-corrected chi connectivity index (χ2v) is 7.30. The van der Waals surface area contributed by atoms with Crippen molar-refractivity contribution in [3.8, 4) is 11.1 Å². The highest BCUT2D eigenvalue weighted by atomic mass is 19.4. The third kappa shape index (κ3) is 7.90. The smallest absolute Gasteiger partial charge is 0.398 e. The highest BCUT2D eigenvalue weighted by Gasteiger charge is 2.57. The minimum atomic E-state index is -5.76. The number of hydrogen-bond acceptors (Lipinski definition) is 2. The van der Waals surface area contributed by atoms with Crippen molar-refractivity contribution in [3.05, 3.63) is 46.5 Å². The summed E-state index contributed by atoms with van der Waals surface area (Å²) < 4.78 is 223. The lowest BCUT2D eigenvalue weighted by molar-refractivity contribution is -0.286. The Morgan fingerprint density at radius 3 is 0.744 bits per heavy atom. The molecule has 20 heteroatoms. The van der Waals surface area contributed by atoms with Gasteiger partial charge in [0.05, 0.1) is 33.6 Å². The Balaban J connectivity index is 0.000000724. The van der Waals surface area contributed by atoms with E-state index in [-0.39, 0.29) is 24.3 Å². The summed E-state index contributed by atoms with van der Waals surface area (Å²) in [5, 5.41) is 0. The number of halogens is 18. The SMILES string of the molecule is FCC(F)(F)C(F)(F)F.Nc1c(C(F)(F)F)cc(-c2cc(C(F)(F)F)c(N)c(C(F)(F)F)c2)cc1C(F)(F)F. The van der Waals surface area contributed by atoms with E-state index in [0.717, 1.165) is 0 Å². The van der Waals surface area contributed by atoms with Crippen molar-refractivity contribution in [2.75, 3.05) is 18.1 Å². The second kappa shape index (κ2) is 10.4. The predicted molar refractivity (Wildman–Crippen MR) is 97.7 cm³/mol. The minimum Gasteiger partial charge on any atom is -0.398 e. The quantitative estimate of drug-likeness (QED) is 0.265. The first-order valence-corrected chi connectivity index (χ1v) is 9.22. The van der Waals surface area contributed by atoms with Crippen LogP contribution >= 0.6 is 0 Å². The molecule has 2 aromatic rings. The van der Waals surface area contributed by atoms with E-state index in [4.69, 9.17) is 11.5 Å². The third-order valence-electron chi connectivity index (χ3n) is 4.50. The lowest BCUT2D eigenvalue weighted by atomic mass is 9.93. The summed E-state index contributed by atoms with van der Waals surface area (Å²) in [6.45, 7) is -2.70. The Bertz CT molecular complexity index is 1020. The van der Waals surface area contributed by atoms with Gasteiger partial charge in [0.15, 0.2) is 6.67 Å². The molecule has 0 fully saturated rings. The lowest BCUT2D eigenvalue weighted by Crippen LogP contribution is -2.38. The van der Waals surface area contributed by atoms with Crippen LogP contribution in [-0.4, -0.2) is 18.8 Å². The fourth-order valence-electron chi connectivity index (χ4n) is 2.65. The Morgan fingerprint density at radius 1 is 0.436 bits per heavy atom. The van der Waals surface area contributed by atoms with Crippen LogP contribution in [0.25, 0.3) is 11.1 Å². The predicted octanol–water partition coefficient (Wildman–Crippen LogP) is 8.75. The van der Waals surface area contributed by atoms with Gasteiger partial charge in [0.25, 0.3) is 0 Å². The van der Waals surface area contributed by atoms with Crippen LogP contribution in [0.4, 0.5) is 90.4 Å². The van der Waals surface area contributed by atoms with Gasteiger partial charge in [-0.25, -0.2) is 4.39 Å². The fourth-order valence-corrected chi connectivity index (χ4v) is 2.65. The zero-order valence-electron chi connectivity index (χ0n) is 18.0. The second-order valence-electron chi connectivity index (χ2n) is 7.30. The van der Waals surface area contributed by atoms with Gasteiger partial charge in [-0.15, -0.1) is 0 Å². The summed E-state index contributed by atoms with van der Waals surface area (Å²) in [4.78, 5) is 0. The van der Waals surface area contributed by atoms with Crippen molar-refractivity contribution in [1.29, 1.82) is 0 Å². The summed E-state index contributed by atoms with van der Waals surface area (Å²) in [6, 6.07) is -0.292. The molecule has 0 amide bonds. The van der Waals surface area contributed by atoms with Crippen LogP contribution in [0.15, 0.2) is 24.3 Å². The van der Waals surface area contributed by atoms with E-state index in [1.54, 1.807) is 0 Å². The van der Waals surface area contributed by atoms with Gasteiger partial charge in [0.1, 0.15) is 0 Å². The van der Waals surface area contributed by atoms with E-state index in [0.29, 0.717) is 0 Å². The Hall–Kier alpha value is -3.22. The van der Waals surface area contributed by atoms with Crippen molar-refractivity contribution in [2.45, 2.75) is 36.8 Å². The van der Waals surface area contributed by atoms with Gasteiger partial charge in [-0.3, -0.25) is 0 Å². The first-order valence-electron chi connectivity index (χ1n) is 9.22. The summed E-state index contributed by atoms with van der Waals surface area (Å²) in [6.07, 6.45) is -27.7. The van der Waals surface area contributed by atoms with Crippen LogP contribution in [0.2, 0.25) is 0 Å². The van der Waals surface area contributed by atoms with Gasteiger partial charge >= 0.3 is 36.8 Å². The molecule has 0 spiro atoms. The molecule has 2 rings (SSSR count). The monoisotopic (exact) mass is 608 g/mol. The number of rotatable bonds is 2. The normalized spacial score (nSPS) is 13.7. The van der Waals surface area contributed by atoms with Crippen molar-refractivity contribution in [3.63, 3.8) is 0 Å². The van der Waals surface area contributed by atoms with Crippen LogP contribution in [0.1, 0.15) is 22.3 Å². The molecule has 0 aliphatic rings. The number of anilines is 2. The van der Waals surface area contributed by atoms with Gasteiger partial charge in [-0.1, -0.05) is 0 Å². The highest BCUT2D eigenvalue weighted by molar-refractivity contribution is 5.75. The average molecular weight is 608 g/mol. The van der Waals surface area contributed by atoms with Crippen LogP contribution in [-0.2, 0) is 24.7 Å². The maximum absolute atomic E-state index is 13.1. The molecule has 0 saturated heterocycles. The van der Waals surface area contributed by atoms with Crippen molar-refractivity contribution in [2.24, 2.45) is 0 Å². The van der Waals surface area contributed by atoms with Crippen LogP contribution in [0.3, 0.4) is 0 Å². The lowest BCUT2D eigenvalue weighted by Gasteiger charge is -2.20. The molecule has 4 N–H and O–H groups in total. The molecule has 0 heterocycles. The molecule has 0 bridgehead atoms. The molecule has 39 heavy (non-hydrogen) atoms. The van der Waals surface area contributed by atoms with Gasteiger partial charge in [-0.05, 0) is 35.4 Å². The van der Waals surface area contributed by atoms with Crippen LogP contribution in [0.5, 0.6) is 0 Å². The highest BCUT2D eigenvalue weighted by Crippen LogP contribution is 2.47. The molecule has 0 aromatic heterocycles. The summed E-state index contributed by atoms with van der Waals surface area (Å²) >= 11 is 0. The maximum atomic E-state index is 13.1. The Labute approximate surface area is 204 Å². The average Bonchev–Trinajstić information content (AvgIpc) is 2.70. The zero-order valence-corrected chi connectivity index (χ0v) is 18.0. The number of hydrogen-bond donors (Lipinski definition) is 2. The number of benzene rings is 2. The van der Waals surface area contributed by atoms with E-state index in [1.165, 1.54) is 0 Å². The van der Waals surface area contributed by atoms with Gasteiger partial charge in [-0.2, -0.15) is 74.6 Å². The minimum absolute atomic E-state index is 0.0730. The zero-order chi connectivity index (χ0) is 31.2. The fraction of sp³-hybridized carbons (Fsp3) is 0.368. The number of alkyl halides is 18. The third-order valence-corrected chi connectivity index (χ3v) is 4.50. The molecular weight excluding hydrogens is 598 g/mol. The van der Waals surface area contributed by atoms with Crippen LogP contribution < -0.4 is 11.5 Å². The molecular formula is C19H10F18N2. The van der Waals surface area contributed by atoms with Gasteiger partial charge < -0.3 is 11.5 Å². The van der Waals surface area contributed by atoms with Gasteiger partial charge in [0.2, 0.25) is 0 Å². The molecule has 2 aromatic carbocycles. The summed E-state index contributed by atoms with van der Waals surface area (Å²) in [7, 11) is 0. The van der Waals surface area contributed by atoms with E-state index in [2.05, 4.69) is 0 Å². The Kier molecular flexibility index (Phi) is 9.01. The van der Waals surface area contributed by atoms with E-state index < -0.39 is 88.2 Å². The standard InChI is InChI=1S/C16H8F12N2.C3H2F6/c17-13(18,19)7-1-5(2-8(11(7)29)14(20,21)22)6-3-9(15(23,24)25)12(30)10(4-6)16(26,27)28;4-1-2(5,6)3(7,8)9/h1-4H,29-30H2;1H2. The van der Waals surface area contributed by atoms with E-state index in [1.807, 2.05) is 0 Å². The molecule has 0 aliphatic heterocycles. The molecule has 0 saturated carbocycles. The van der Waals surface area contributed by atoms with Crippen LogP contribution in [0, 0.1) is 0 Å². The first kappa shape index (κ1) is 33.8. The van der Waals surface area contributed by atoms with Crippen molar-refractivity contribution < 1.29 is 79.0 Å². The first-order chi connectivity index (χ1) is 17.1. The number of nitrogen functional groups attached to an aromatic ring is 2. The molecule has 0 atom stereocenters. The summed E-state index contributed by atoms with van der Waals surface area (Å²) in [5.74, 6) is -5.19. The van der Waals surface area contributed by atoms with Gasteiger partial charge in [0, 0.05) is 0 Å². The van der Waals surface area contributed by atoms with Crippen molar-refractivity contribution >= 4 is 11.4 Å².